The number of imide groups is 1. The van der Waals surface area contributed by atoms with Crippen LogP contribution in [-0.2, 0) is 14.4 Å². The summed E-state index contributed by atoms with van der Waals surface area (Å²) in [4.78, 5) is 36.8. The van der Waals surface area contributed by atoms with Crippen molar-refractivity contribution in [2.75, 3.05) is 16.8 Å². The summed E-state index contributed by atoms with van der Waals surface area (Å²) in [5, 5.41) is 5.04. The highest BCUT2D eigenvalue weighted by atomic mass is 16.2. The Labute approximate surface area is 121 Å². The fraction of sp³-hybridized carbons (Fsp3) is 0.357. The van der Waals surface area contributed by atoms with Crippen molar-refractivity contribution in [2.24, 2.45) is 5.73 Å². The number of nitrogens with one attached hydrogen (secondary N) is 2. The minimum absolute atomic E-state index is 0.114. The Kier molecular flexibility index (Phi) is 3.13. The van der Waals surface area contributed by atoms with E-state index < -0.39 is 12.1 Å². The number of nitrogens with two attached hydrogens (primary N) is 1. The van der Waals surface area contributed by atoms with Crippen LogP contribution in [-0.4, -0.2) is 30.3 Å². The van der Waals surface area contributed by atoms with Gasteiger partial charge in [0.25, 0.3) is 0 Å². The van der Waals surface area contributed by atoms with Crippen molar-refractivity contribution in [1.29, 1.82) is 0 Å². The first-order valence-corrected chi connectivity index (χ1v) is 6.82. The van der Waals surface area contributed by atoms with Crippen LogP contribution in [0.5, 0.6) is 0 Å². The van der Waals surface area contributed by atoms with Gasteiger partial charge in [-0.2, -0.15) is 0 Å². The summed E-state index contributed by atoms with van der Waals surface area (Å²) < 4.78 is 0. The summed E-state index contributed by atoms with van der Waals surface area (Å²) in [7, 11) is 0. The first-order valence-electron chi connectivity index (χ1n) is 6.82. The van der Waals surface area contributed by atoms with Crippen molar-refractivity contribution in [3.63, 3.8) is 0 Å². The number of benzene rings is 1. The molecule has 4 N–H and O–H groups in total. The molecule has 7 nitrogen and oxygen atoms in total. The minimum Gasteiger partial charge on any atom is -0.350 e. The number of amides is 3. The van der Waals surface area contributed by atoms with Gasteiger partial charge < -0.3 is 16.0 Å². The summed E-state index contributed by atoms with van der Waals surface area (Å²) in [5.41, 5.74) is 7.86. The molecule has 2 atom stereocenters. The Morgan fingerprint density at radius 3 is 2.71 bits per heavy atom. The third-order valence-corrected chi connectivity index (χ3v) is 3.89. The largest absolute Gasteiger partial charge is 0.350 e. The topological polar surface area (TPSA) is 105 Å². The molecule has 2 heterocycles. The highest BCUT2D eigenvalue weighted by Crippen LogP contribution is 2.33. The fourth-order valence-electron chi connectivity index (χ4n) is 2.80. The van der Waals surface area contributed by atoms with Gasteiger partial charge in [0.15, 0.2) is 0 Å². The molecule has 3 rings (SSSR count). The van der Waals surface area contributed by atoms with Crippen molar-refractivity contribution in [3.05, 3.63) is 23.8 Å². The van der Waals surface area contributed by atoms with Crippen molar-refractivity contribution in [2.45, 2.75) is 25.4 Å². The van der Waals surface area contributed by atoms with Crippen LogP contribution < -0.4 is 21.3 Å². The number of carbonyl (C=O) groups excluding carboxylic acids is 3. The second-order valence-electron chi connectivity index (χ2n) is 5.20. The van der Waals surface area contributed by atoms with Crippen LogP contribution in [0.4, 0.5) is 11.4 Å². The van der Waals surface area contributed by atoms with Crippen LogP contribution in [0.2, 0.25) is 0 Å². The van der Waals surface area contributed by atoms with E-state index in [4.69, 9.17) is 5.73 Å². The molecule has 3 amide bonds. The van der Waals surface area contributed by atoms with Crippen molar-refractivity contribution in [1.82, 2.24) is 5.32 Å². The van der Waals surface area contributed by atoms with Gasteiger partial charge >= 0.3 is 0 Å². The third-order valence-electron chi connectivity index (χ3n) is 3.89. The monoisotopic (exact) mass is 288 g/mol. The van der Waals surface area contributed by atoms with Gasteiger partial charge in [-0.15, -0.1) is 0 Å². The predicted octanol–water partition coefficient (Wildman–Crippen LogP) is -0.120. The van der Waals surface area contributed by atoms with Crippen molar-refractivity contribution < 1.29 is 14.4 Å². The van der Waals surface area contributed by atoms with Gasteiger partial charge in [-0.3, -0.25) is 19.7 Å². The second-order valence-corrected chi connectivity index (χ2v) is 5.20. The van der Waals surface area contributed by atoms with E-state index in [9.17, 15) is 14.4 Å². The van der Waals surface area contributed by atoms with Crippen LogP contribution in [0.3, 0.4) is 0 Å². The number of piperazine rings is 1. The van der Waals surface area contributed by atoms with E-state index in [1.165, 1.54) is 0 Å². The Bertz CT molecular complexity index is 643. The summed E-state index contributed by atoms with van der Waals surface area (Å²) in [5.74, 6) is -0.873. The summed E-state index contributed by atoms with van der Waals surface area (Å²) in [6.45, 7) is 2.00. The maximum absolute atomic E-state index is 11.9. The van der Waals surface area contributed by atoms with Gasteiger partial charge in [0.05, 0.1) is 6.54 Å². The Hall–Kier alpha value is -2.41. The Balaban J connectivity index is 1.97. The molecule has 2 aliphatic rings. The average Bonchev–Trinajstić information content (AvgIpc) is 2.73. The molecule has 0 aromatic heterocycles. The standard InChI is InChI=1S/C14H16N4O3/c1-2-10-13(20)17-11(19)6-18(10)7-3-4-8-9(5-7)16-14(21)12(8)15/h3-5,10,12H,2,6,15H2,1H3,(H,16,21)(H,17,19,20). The van der Waals surface area contributed by atoms with E-state index in [1.807, 2.05) is 6.92 Å². The fourth-order valence-corrected chi connectivity index (χ4v) is 2.80. The SMILES string of the molecule is CCC1C(=O)NC(=O)CN1c1ccc2c(c1)NC(=O)C2N. The lowest BCUT2D eigenvalue weighted by Gasteiger charge is -2.35. The quantitative estimate of drug-likeness (QED) is 0.658. The number of hydrogen-bond donors (Lipinski definition) is 3. The highest BCUT2D eigenvalue weighted by molar-refractivity contribution is 6.06. The van der Waals surface area contributed by atoms with Gasteiger partial charge in [0, 0.05) is 16.9 Å². The Morgan fingerprint density at radius 2 is 2.00 bits per heavy atom. The van der Waals surface area contributed by atoms with Crippen LogP contribution >= 0.6 is 0 Å². The van der Waals surface area contributed by atoms with Crippen LogP contribution in [0.1, 0.15) is 24.9 Å². The van der Waals surface area contributed by atoms with E-state index >= 15 is 0 Å². The number of nitrogens with zero attached hydrogens (tertiary/aromatic N) is 1. The molecule has 0 aliphatic carbocycles. The molecule has 2 unspecified atom stereocenters. The molecular formula is C14H16N4O3. The third kappa shape index (κ3) is 2.15. The maximum atomic E-state index is 11.9. The molecule has 1 aromatic carbocycles. The molecule has 7 heteroatoms. The molecule has 1 saturated heterocycles. The first kappa shape index (κ1) is 13.6. The first-order chi connectivity index (χ1) is 10.0. The van der Waals surface area contributed by atoms with Gasteiger partial charge in [0.1, 0.15) is 12.1 Å². The molecule has 110 valence electrons. The van der Waals surface area contributed by atoms with E-state index in [-0.39, 0.29) is 24.3 Å². The lowest BCUT2D eigenvalue weighted by atomic mass is 10.0. The van der Waals surface area contributed by atoms with E-state index in [2.05, 4.69) is 10.6 Å². The Morgan fingerprint density at radius 1 is 1.24 bits per heavy atom. The van der Waals surface area contributed by atoms with E-state index in [1.54, 1.807) is 23.1 Å². The molecule has 0 radical (unpaired) electrons. The zero-order valence-corrected chi connectivity index (χ0v) is 11.6. The van der Waals surface area contributed by atoms with Crippen LogP contribution in [0.25, 0.3) is 0 Å². The van der Waals surface area contributed by atoms with E-state index in [0.29, 0.717) is 12.1 Å². The lowest BCUT2D eigenvalue weighted by molar-refractivity contribution is -0.133. The summed E-state index contributed by atoms with van der Waals surface area (Å²) in [6.07, 6.45) is 0.585. The predicted molar refractivity (Wildman–Crippen MR) is 76.6 cm³/mol. The zero-order chi connectivity index (χ0) is 15.1. The van der Waals surface area contributed by atoms with Crippen molar-refractivity contribution >= 4 is 29.1 Å². The second kappa shape index (κ2) is 4.85. The normalized spacial score (nSPS) is 24.7. The summed E-state index contributed by atoms with van der Waals surface area (Å²) in [6, 6.07) is 4.24. The number of anilines is 2. The molecule has 0 spiro atoms. The van der Waals surface area contributed by atoms with Gasteiger partial charge in [-0.05, 0) is 18.6 Å². The minimum atomic E-state index is -0.665. The molecule has 1 aromatic rings. The molecule has 1 fully saturated rings. The van der Waals surface area contributed by atoms with Crippen molar-refractivity contribution in [3.8, 4) is 0 Å². The van der Waals surface area contributed by atoms with E-state index in [0.717, 1.165) is 11.3 Å². The highest BCUT2D eigenvalue weighted by Gasteiger charge is 2.34. The number of carbonyl (C=O) groups is 3. The number of fused-ring (bicyclic) bond motifs is 1. The van der Waals surface area contributed by atoms with Gasteiger partial charge in [-0.25, -0.2) is 0 Å². The van der Waals surface area contributed by atoms with Crippen LogP contribution in [0.15, 0.2) is 18.2 Å². The average molecular weight is 288 g/mol. The molecule has 0 bridgehead atoms. The van der Waals surface area contributed by atoms with Gasteiger partial charge in [0.2, 0.25) is 17.7 Å². The molecule has 2 aliphatic heterocycles. The summed E-state index contributed by atoms with van der Waals surface area (Å²) >= 11 is 0. The number of hydrogen-bond acceptors (Lipinski definition) is 5. The smallest absolute Gasteiger partial charge is 0.249 e. The number of rotatable bonds is 2. The van der Waals surface area contributed by atoms with Crippen LogP contribution in [0, 0.1) is 0 Å². The maximum Gasteiger partial charge on any atom is 0.249 e. The van der Waals surface area contributed by atoms with Gasteiger partial charge in [-0.1, -0.05) is 13.0 Å². The zero-order valence-electron chi connectivity index (χ0n) is 11.6. The lowest BCUT2D eigenvalue weighted by Crippen LogP contribution is -2.58. The molecule has 0 saturated carbocycles. The molecular weight excluding hydrogens is 272 g/mol. The molecule has 21 heavy (non-hydrogen) atoms.